The third-order valence-electron chi connectivity index (χ3n) is 7.71. The maximum Gasteiger partial charge on any atom is 0.224 e. The molecule has 0 saturated heterocycles. The van der Waals surface area contributed by atoms with Crippen molar-refractivity contribution in [2.75, 3.05) is 11.9 Å². The van der Waals surface area contributed by atoms with E-state index in [0.29, 0.717) is 0 Å². The van der Waals surface area contributed by atoms with Crippen LogP contribution in [0, 0.1) is 13.8 Å². The molecule has 0 amide bonds. The summed E-state index contributed by atoms with van der Waals surface area (Å²) < 4.78 is 4.80. The lowest BCUT2D eigenvalue weighted by Gasteiger charge is -2.19. The van der Waals surface area contributed by atoms with Crippen LogP contribution in [0.2, 0.25) is 0 Å². The van der Waals surface area contributed by atoms with Gasteiger partial charge in [-0.25, -0.2) is 4.57 Å². The molecule has 7 rings (SSSR count). The average molecular weight is 441 g/mol. The van der Waals surface area contributed by atoms with Crippen molar-refractivity contribution in [1.29, 1.82) is 0 Å². The molecule has 7 aromatic rings. The second-order valence-corrected chi connectivity index (χ2v) is 9.54. The van der Waals surface area contributed by atoms with E-state index in [-0.39, 0.29) is 0 Å². The molecule has 0 aliphatic carbocycles. The van der Waals surface area contributed by atoms with Gasteiger partial charge in [-0.05, 0) is 66.8 Å². The molecule has 0 saturated carbocycles. The van der Waals surface area contributed by atoms with Crippen molar-refractivity contribution < 1.29 is 4.57 Å². The number of pyridine rings is 2. The summed E-state index contributed by atoms with van der Waals surface area (Å²) in [4.78, 5) is 2.26. The molecule has 0 N–H and O–H groups in total. The Balaban J connectivity index is 1.72. The summed E-state index contributed by atoms with van der Waals surface area (Å²) in [7, 11) is 4.31. The number of para-hydroxylation sites is 1. The predicted molar refractivity (Wildman–Crippen MR) is 144 cm³/mol. The van der Waals surface area contributed by atoms with E-state index in [2.05, 4.69) is 127 Å². The number of rotatable bonds is 2. The highest BCUT2D eigenvalue weighted by Gasteiger charge is 2.24. The molecule has 4 aromatic carbocycles. The van der Waals surface area contributed by atoms with Crippen molar-refractivity contribution in [3.8, 4) is 0 Å². The Morgan fingerprint density at radius 1 is 0.735 bits per heavy atom. The second kappa shape index (κ2) is 6.71. The summed E-state index contributed by atoms with van der Waals surface area (Å²) in [6.45, 7) is 4.51. The molecule has 3 nitrogen and oxygen atoms in total. The van der Waals surface area contributed by atoms with Gasteiger partial charge in [0.25, 0.3) is 0 Å². The summed E-state index contributed by atoms with van der Waals surface area (Å²) >= 11 is 0. The zero-order valence-corrected chi connectivity index (χ0v) is 19.9. The van der Waals surface area contributed by atoms with E-state index in [1.807, 2.05) is 0 Å². The van der Waals surface area contributed by atoms with Crippen molar-refractivity contribution >= 4 is 60.4 Å². The molecule has 0 radical (unpaired) electrons. The molecule has 3 heterocycles. The number of aryl methyl sites for hydroxylation is 3. The quantitative estimate of drug-likeness (QED) is 0.157. The van der Waals surface area contributed by atoms with Gasteiger partial charge in [0.1, 0.15) is 7.05 Å². The fourth-order valence-corrected chi connectivity index (χ4v) is 5.83. The Kier molecular flexibility index (Phi) is 3.82. The summed E-state index contributed by atoms with van der Waals surface area (Å²) in [6.07, 6.45) is 2.19. The van der Waals surface area contributed by atoms with Crippen LogP contribution >= 0.6 is 0 Å². The van der Waals surface area contributed by atoms with Gasteiger partial charge in [-0.15, -0.1) is 0 Å². The van der Waals surface area contributed by atoms with Crippen molar-refractivity contribution in [2.24, 2.45) is 7.05 Å². The molecule has 3 aromatic heterocycles. The number of benzene rings is 4. The number of aromatic nitrogens is 2. The van der Waals surface area contributed by atoms with Gasteiger partial charge in [0, 0.05) is 35.3 Å². The van der Waals surface area contributed by atoms with Crippen LogP contribution in [0.1, 0.15) is 11.1 Å². The van der Waals surface area contributed by atoms with Gasteiger partial charge < -0.3 is 9.30 Å². The summed E-state index contributed by atoms with van der Waals surface area (Å²) in [6, 6.07) is 28.8. The first-order chi connectivity index (χ1) is 16.5. The molecule has 0 bridgehead atoms. The first-order valence-corrected chi connectivity index (χ1v) is 11.8. The van der Waals surface area contributed by atoms with Crippen molar-refractivity contribution in [3.05, 3.63) is 96.2 Å². The van der Waals surface area contributed by atoms with E-state index in [1.54, 1.807) is 0 Å². The lowest BCUT2D eigenvalue weighted by Crippen LogP contribution is -2.29. The predicted octanol–water partition coefficient (Wildman–Crippen LogP) is 7.20. The number of hydrogen-bond acceptors (Lipinski definition) is 1. The van der Waals surface area contributed by atoms with Gasteiger partial charge in [0.2, 0.25) is 5.52 Å². The largest absolute Gasteiger partial charge is 0.345 e. The monoisotopic (exact) mass is 440 g/mol. The van der Waals surface area contributed by atoms with Crippen LogP contribution < -0.4 is 9.47 Å². The molecular weight excluding hydrogens is 414 g/mol. The molecule has 0 fully saturated rings. The van der Waals surface area contributed by atoms with E-state index in [4.69, 9.17) is 0 Å². The molecule has 3 heteroatoms. The minimum atomic E-state index is 1.18. The summed E-state index contributed by atoms with van der Waals surface area (Å²) in [5.74, 6) is 0. The summed E-state index contributed by atoms with van der Waals surface area (Å²) in [5, 5.41) is 6.60. The highest BCUT2D eigenvalue weighted by atomic mass is 15.1. The fraction of sp³-hybridized carbons (Fsp3) is 0.129. The van der Waals surface area contributed by atoms with E-state index < -0.39 is 0 Å². The SMILES string of the molecule is Cc1cc2c3ccc(N(C)c4ccccc4)cc3n3c4cccc5cc[n+](C)c(c(c1C)c23)c54. The van der Waals surface area contributed by atoms with Crippen LogP contribution in [-0.2, 0) is 7.05 Å². The Morgan fingerprint density at radius 3 is 2.38 bits per heavy atom. The Morgan fingerprint density at radius 2 is 1.56 bits per heavy atom. The molecule has 0 aliphatic rings. The zero-order valence-electron chi connectivity index (χ0n) is 19.9. The van der Waals surface area contributed by atoms with E-state index in [9.17, 15) is 0 Å². The van der Waals surface area contributed by atoms with E-state index in [1.165, 1.54) is 71.5 Å². The van der Waals surface area contributed by atoms with Gasteiger partial charge in [-0.3, -0.25) is 0 Å². The highest BCUT2D eigenvalue weighted by Crippen LogP contribution is 2.42. The minimum Gasteiger partial charge on any atom is -0.345 e. The molecule has 0 aliphatic heterocycles. The summed E-state index contributed by atoms with van der Waals surface area (Å²) in [5.41, 5.74) is 10.2. The van der Waals surface area contributed by atoms with Crippen LogP contribution in [0.25, 0.3) is 49.0 Å². The lowest BCUT2D eigenvalue weighted by molar-refractivity contribution is -0.643. The molecule has 164 valence electrons. The molecule has 0 atom stereocenters. The first kappa shape index (κ1) is 19.4. The van der Waals surface area contributed by atoms with Crippen LogP contribution in [0.5, 0.6) is 0 Å². The average Bonchev–Trinajstić information content (AvgIpc) is 3.19. The van der Waals surface area contributed by atoms with Gasteiger partial charge in [0.05, 0.1) is 27.3 Å². The van der Waals surface area contributed by atoms with Gasteiger partial charge in [-0.2, -0.15) is 0 Å². The standard InChI is InChI=1S/C31H26N3/c1-19-17-25-24-14-13-23(33(4)22-10-6-5-7-11-22)18-27(24)34-26-12-8-9-21-15-16-32(3)31(29(21)26)28(20(19)2)30(25)34/h5-18H,1-4H3/q+1. The Hall–Kier alpha value is -4.11. The fourth-order valence-electron chi connectivity index (χ4n) is 5.83. The molecular formula is C31H26N3+. The van der Waals surface area contributed by atoms with Gasteiger partial charge in [-0.1, -0.05) is 36.4 Å². The van der Waals surface area contributed by atoms with Gasteiger partial charge >= 0.3 is 0 Å². The lowest BCUT2D eigenvalue weighted by atomic mass is 9.96. The zero-order chi connectivity index (χ0) is 23.1. The van der Waals surface area contributed by atoms with Crippen molar-refractivity contribution in [2.45, 2.75) is 13.8 Å². The third-order valence-corrected chi connectivity index (χ3v) is 7.71. The minimum absolute atomic E-state index is 1.18. The number of nitrogens with zero attached hydrogens (tertiary/aromatic N) is 3. The smallest absolute Gasteiger partial charge is 0.224 e. The van der Waals surface area contributed by atoms with Crippen LogP contribution in [0.15, 0.2) is 85.1 Å². The second-order valence-electron chi connectivity index (χ2n) is 9.54. The van der Waals surface area contributed by atoms with Crippen LogP contribution in [0.3, 0.4) is 0 Å². The molecule has 0 unspecified atom stereocenters. The maximum absolute atomic E-state index is 2.50. The maximum atomic E-state index is 2.50. The van der Waals surface area contributed by atoms with Crippen LogP contribution in [-0.4, -0.2) is 11.4 Å². The van der Waals surface area contributed by atoms with E-state index >= 15 is 0 Å². The topological polar surface area (TPSA) is 11.5 Å². The van der Waals surface area contributed by atoms with Crippen molar-refractivity contribution in [1.82, 2.24) is 4.40 Å². The number of fused-ring (bicyclic) bond motifs is 5. The van der Waals surface area contributed by atoms with Crippen LogP contribution in [0.4, 0.5) is 11.4 Å². The third kappa shape index (κ3) is 2.39. The first-order valence-electron chi connectivity index (χ1n) is 11.8. The Labute approximate surface area is 198 Å². The van der Waals surface area contributed by atoms with Gasteiger partial charge in [0.15, 0.2) is 6.20 Å². The number of hydrogen-bond donors (Lipinski definition) is 0. The highest BCUT2D eigenvalue weighted by molar-refractivity contribution is 6.26. The molecule has 0 spiro atoms. The normalized spacial score (nSPS) is 12.1. The van der Waals surface area contributed by atoms with Crippen molar-refractivity contribution in [3.63, 3.8) is 0 Å². The number of anilines is 2. The molecule has 34 heavy (non-hydrogen) atoms. The van der Waals surface area contributed by atoms with E-state index in [0.717, 1.165) is 0 Å². The Bertz CT molecular complexity index is 1890.